The number of thioether (sulfide) groups is 1. The molecule has 1 aliphatic heterocycles. The van der Waals surface area contributed by atoms with Crippen LogP contribution in [0.15, 0.2) is 46.3 Å². The van der Waals surface area contributed by atoms with Gasteiger partial charge in [-0.05, 0) is 54.6 Å². The number of hydrogen-bond acceptors (Lipinski definition) is 7. The van der Waals surface area contributed by atoms with Gasteiger partial charge in [0.1, 0.15) is 5.69 Å². The summed E-state index contributed by atoms with van der Waals surface area (Å²) in [5, 5.41) is 14.3. The highest BCUT2D eigenvalue weighted by Crippen LogP contribution is 2.35. The lowest BCUT2D eigenvalue weighted by Gasteiger charge is -2.09. The Balaban J connectivity index is 1.88. The minimum absolute atomic E-state index is 0.103. The number of methoxy groups -OCH3 is 1. The van der Waals surface area contributed by atoms with Crippen molar-refractivity contribution in [2.75, 3.05) is 13.7 Å². The Morgan fingerprint density at radius 2 is 2.07 bits per heavy atom. The van der Waals surface area contributed by atoms with Crippen LogP contribution in [0.4, 0.5) is 11.4 Å². The van der Waals surface area contributed by atoms with Gasteiger partial charge in [-0.15, -0.1) is 0 Å². The van der Waals surface area contributed by atoms with Crippen LogP contribution >= 0.6 is 23.4 Å². The van der Waals surface area contributed by atoms with E-state index in [1.165, 1.54) is 18.2 Å². The average molecular weight is 434 g/mol. The van der Waals surface area contributed by atoms with Crippen LogP contribution in [-0.2, 0) is 4.79 Å². The molecule has 10 heteroatoms. The highest BCUT2D eigenvalue weighted by Gasteiger charge is 2.25. The molecule has 0 radical (unpaired) electrons. The molecule has 0 spiro atoms. The Kier molecular flexibility index (Phi) is 6.40. The van der Waals surface area contributed by atoms with Crippen molar-refractivity contribution in [1.82, 2.24) is 5.32 Å². The van der Waals surface area contributed by atoms with Gasteiger partial charge in [0.15, 0.2) is 16.7 Å². The maximum absolute atomic E-state index is 12.3. The molecule has 1 heterocycles. The number of nitro benzene ring substituents is 1. The topological polar surface area (TPSA) is 103 Å². The molecular weight excluding hydrogens is 418 g/mol. The summed E-state index contributed by atoms with van der Waals surface area (Å²) in [7, 11) is 1.55. The first-order chi connectivity index (χ1) is 13.9. The molecule has 1 aliphatic rings. The highest BCUT2D eigenvalue weighted by molar-refractivity contribution is 8.18. The van der Waals surface area contributed by atoms with E-state index in [0.29, 0.717) is 23.0 Å². The minimum atomic E-state index is -0.573. The Bertz CT molecular complexity index is 1040. The van der Waals surface area contributed by atoms with Crippen LogP contribution < -0.4 is 14.8 Å². The van der Waals surface area contributed by atoms with Crippen molar-refractivity contribution in [1.29, 1.82) is 0 Å². The van der Waals surface area contributed by atoms with Crippen LogP contribution in [0.2, 0.25) is 5.02 Å². The number of hydrogen-bond donors (Lipinski definition) is 1. The minimum Gasteiger partial charge on any atom is -0.493 e. The number of amidine groups is 1. The van der Waals surface area contributed by atoms with Crippen molar-refractivity contribution in [3.8, 4) is 11.5 Å². The second-order valence-corrected chi connectivity index (χ2v) is 7.18. The summed E-state index contributed by atoms with van der Waals surface area (Å²) in [5.74, 6) is 0.812. The SMILES string of the molecule is CCOc1cc(/C=C2/SC(=Nc3ccc(Cl)cc3[N+](=O)[O-])NC2=O)ccc1OC. The first-order valence-electron chi connectivity index (χ1n) is 8.45. The second kappa shape index (κ2) is 8.97. The molecule has 29 heavy (non-hydrogen) atoms. The first kappa shape index (κ1) is 20.7. The number of aliphatic imine (C=N–C) groups is 1. The van der Waals surface area contributed by atoms with Gasteiger partial charge in [-0.2, -0.15) is 0 Å². The van der Waals surface area contributed by atoms with E-state index in [4.69, 9.17) is 21.1 Å². The summed E-state index contributed by atoms with van der Waals surface area (Å²) in [6.07, 6.45) is 1.68. The second-order valence-electron chi connectivity index (χ2n) is 5.72. The fourth-order valence-corrected chi connectivity index (χ4v) is 3.53. The fourth-order valence-electron chi connectivity index (χ4n) is 2.53. The maximum Gasteiger partial charge on any atom is 0.296 e. The zero-order valence-corrected chi connectivity index (χ0v) is 17.0. The summed E-state index contributed by atoms with van der Waals surface area (Å²) < 4.78 is 10.8. The summed E-state index contributed by atoms with van der Waals surface area (Å²) in [5.41, 5.74) is 0.603. The number of nitrogens with one attached hydrogen (secondary N) is 1. The van der Waals surface area contributed by atoms with Crippen LogP contribution in [0.5, 0.6) is 11.5 Å². The molecule has 0 bridgehead atoms. The Morgan fingerprint density at radius 1 is 1.28 bits per heavy atom. The zero-order valence-electron chi connectivity index (χ0n) is 15.5. The lowest BCUT2D eigenvalue weighted by Crippen LogP contribution is -2.19. The molecule has 1 saturated heterocycles. The number of nitrogens with zero attached hydrogens (tertiary/aromatic N) is 2. The predicted octanol–water partition coefficient (Wildman–Crippen LogP) is 4.55. The van der Waals surface area contributed by atoms with Crippen LogP contribution in [0.1, 0.15) is 12.5 Å². The van der Waals surface area contributed by atoms with Gasteiger partial charge in [0.25, 0.3) is 11.6 Å². The lowest BCUT2D eigenvalue weighted by atomic mass is 10.2. The van der Waals surface area contributed by atoms with Gasteiger partial charge in [-0.3, -0.25) is 14.9 Å². The largest absolute Gasteiger partial charge is 0.493 e. The van der Waals surface area contributed by atoms with E-state index in [-0.39, 0.29) is 27.5 Å². The molecule has 1 N–H and O–H groups in total. The molecule has 2 aromatic carbocycles. The van der Waals surface area contributed by atoms with Crippen LogP contribution in [0.25, 0.3) is 6.08 Å². The molecule has 1 fully saturated rings. The first-order valence-corrected chi connectivity index (χ1v) is 9.65. The van der Waals surface area contributed by atoms with Gasteiger partial charge in [0.05, 0.1) is 23.5 Å². The third kappa shape index (κ3) is 4.87. The summed E-state index contributed by atoms with van der Waals surface area (Å²) >= 11 is 6.90. The Labute approximate surface area is 175 Å². The van der Waals surface area contributed by atoms with E-state index < -0.39 is 4.92 Å². The van der Waals surface area contributed by atoms with Crippen molar-refractivity contribution in [2.24, 2.45) is 4.99 Å². The lowest BCUT2D eigenvalue weighted by molar-refractivity contribution is -0.384. The number of benzene rings is 2. The quantitative estimate of drug-likeness (QED) is 0.407. The van der Waals surface area contributed by atoms with E-state index in [1.54, 1.807) is 31.4 Å². The molecule has 1 amide bonds. The van der Waals surface area contributed by atoms with Gasteiger partial charge in [-0.25, -0.2) is 4.99 Å². The van der Waals surface area contributed by atoms with Gasteiger partial charge in [-0.1, -0.05) is 17.7 Å². The summed E-state index contributed by atoms with van der Waals surface area (Å²) in [6, 6.07) is 9.45. The molecule has 2 aromatic rings. The van der Waals surface area contributed by atoms with Gasteiger partial charge >= 0.3 is 0 Å². The van der Waals surface area contributed by atoms with Gasteiger partial charge in [0.2, 0.25) is 0 Å². The van der Waals surface area contributed by atoms with Crippen LogP contribution in [-0.4, -0.2) is 29.7 Å². The van der Waals surface area contributed by atoms with E-state index >= 15 is 0 Å². The number of carbonyl (C=O) groups is 1. The van der Waals surface area contributed by atoms with E-state index in [2.05, 4.69) is 10.3 Å². The van der Waals surface area contributed by atoms with Crippen molar-refractivity contribution in [2.45, 2.75) is 6.92 Å². The number of ether oxygens (including phenoxy) is 2. The molecule has 3 rings (SSSR count). The van der Waals surface area contributed by atoms with E-state index in [1.807, 2.05) is 6.92 Å². The van der Waals surface area contributed by atoms with E-state index in [9.17, 15) is 14.9 Å². The fraction of sp³-hybridized carbons (Fsp3) is 0.158. The van der Waals surface area contributed by atoms with E-state index in [0.717, 1.165) is 17.3 Å². The molecule has 0 aromatic heterocycles. The van der Waals surface area contributed by atoms with Gasteiger partial charge in [0, 0.05) is 11.1 Å². The number of carbonyl (C=O) groups excluding carboxylic acids is 1. The van der Waals surface area contributed by atoms with Crippen molar-refractivity contribution < 1.29 is 19.2 Å². The Hall–Kier alpha value is -3.04. The third-order valence-corrected chi connectivity index (χ3v) is 4.94. The highest BCUT2D eigenvalue weighted by atomic mass is 35.5. The molecule has 0 saturated carbocycles. The normalized spacial score (nSPS) is 16.2. The number of amides is 1. The van der Waals surface area contributed by atoms with Crippen LogP contribution in [0.3, 0.4) is 0 Å². The zero-order chi connectivity index (χ0) is 21.0. The van der Waals surface area contributed by atoms with Gasteiger partial charge < -0.3 is 14.8 Å². The smallest absolute Gasteiger partial charge is 0.296 e. The monoisotopic (exact) mass is 433 g/mol. The standard InChI is InChI=1S/C19H16ClN3O5S/c1-3-28-16-8-11(4-7-15(16)27-2)9-17-18(24)22-19(29-17)21-13-6-5-12(20)10-14(13)23(25)26/h4-10H,3H2,1-2H3,(H,21,22,24)/b17-9+. The molecular formula is C19H16ClN3O5S. The maximum atomic E-state index is 12.3. The number of halogens is 1. The third-order valence-electron chi connectivity index (χ3n) is 3.79. The summed E-state index contributed by atoms with van der Waals surface area (Å²) in [6.45, 7) is 2.34. The molecule has 0 atom stereocenters. The summed E-state index contributed by atoms with van der Waals surface area (Å²) in [4.78, 5) is 27.5. The average Bonchev–Trinajstić information content (AvgIpc) is 3.02. The van der Waals surface area contributed by atoms with Crippen LogP contribution in [0, 0.1) is 10.1 Å². The molecule has 150 valence electrons. The number of rotatable bonds is 6. The molecule has 0 aliphatic carbocycles. The number of nitro groups is 1. The van der Waals surface area contributed by atoms with Crippen molar-refractivity contribution >= 4 is 51.9 Å². The van der Waals surface area contributed by atoms with Crippen molar-refractivity contribution in [3.05, 3.63) is 62.0 Å². The molecule has 8 nitrogen and oxygen atoms in total. The van der Waals surface area contributed by atoms with Crippen molar-refractivity contribution in [3.63, 3.8) is 0 Å². The molecule has 0 unspecified atom stereocenters. The Morgan fingerprint density at radius 3 is 2.76 bits per heavy atom. The predicted molar refractivity (Wildman–Crippen MR) is 113 cm³/mol.